The molecule has 3 nitrogen and oxygen atoms in total. The van der Waals surface area contributed by atoms with Gasteiger partial charge in [0.25, 0.3) is 0 Å². The minimum absolute atomic E-state index is 0.229. The average molecular weight is 209 g/mol. The second-order valence-electron chi connectivity index (χ2n) is 3.80. The van der Waals surface area contributed by atoms with E-state index in [0.29, 0.717) is 6.08 Å². The van der Waals surface area contributed by atoms with Crippen LogP contribution in [-0.2, 0) is 0 Å². The molecule has 0 aromatic carbocycles. The Morgan fingerprint density at radius 1 is 1.14 bits per heavy atom. The van der Waals surface area contributed by atoms with Crippen LogP contribution in [0.4, 0.5) is 13.2 Å². The highest BCUT2D eigenvalue weighted by Gasteiger charge is 2.31. The molecule has 0 bridgehead atoms. The molecule has 0 saturated carbocycles. The van der Waals surface area contributed by atoms with Crippen molar-refractivity contribution < 1.29 is 13.2 Å². The lowest BCUT2D eigenvalue weighted by Crippen LogP contribution is -2.24. The Labute approximate surface area is 80.7 Å². The fraction of sp³-hybridized carbons (Fsp3) is 0.625. The number of allylic oxidation sites excluding steroid dienone is 1. The normalized spacial score (nSPS) is 15.9. The quantitative estimate of drug-likeness (QED) is 0.508. The standard InChI is InChI=1S/C8H14F3N3/c1-7(2,3)14-6(13)4-5(12)8(9,10)11/h4H,12H2,1-3H3,(H2,13,14). The monoisotopic (exact) mass is 209 g/mol. The summed E-state index contributed by atoms with van der Waals surface area (Å²) in [6.45, 7) is 5.16. The van der Waals surface area contributed by atoms with E-state index >= 15 is 0 Å². The molecule has 0 atom stereocenters. The molecule has 0 rings (SSSR count). The zero-order chi connectivity index (χ0) is 11.6. The maximum Gasteiger partial charge on any atom is 0.430 e. The lowest BCUT2D eigenvalue weighted by molar-refractivity contribution is -0.0925. The summed E-state index contributed by atoms with van der Waals surface area (Å²) in [5.74, 6) is -0.229. The van der Waals surface area contributed by atoms with E-state index in [4.69, 9.17) is 11.5 Å². The molecule has 0 unspecified atom stereocenters. The van der Waals surface area contributed by atoms with Crippen LogP contribution in [0.2, 0.25) is 0 Å². The first-order valence-electron chi connectivity index (χ1n) is 3.92. The van der Waals surface area contributed by atoms with Gasteiger partial charge in [-0.1, -0.05) is 0 Å². The van der Waals surface area contributed by atoms with E-state index in [-0.39, 0.29) is 5.84 Å². The third kappa shape index (κ3) is 5.45. The van der Waals surface area contributed by atoms with Gasteiger partial charge in [0.2, 0.25) is 0 Å². The molecule has 6 heteroatoms. The van der Waals surface area contributed by atoms with Crippen LogP contribution >= 0.6 is 0 Å². The molecule has 0 heterocycles. The van der Waals surface area contributed by atoms with Crippen molar-refractivity contribution in [3.63, 3.8) is 0 Å². The van der Waals surface area contributed by atoms with Gasteiger partial charge in [-0.05, 0) is 20.8 Å². The lowest BCUT2D eigenvalue weighted by Gasteiger charge is -2.12. The van der Waals surface area contributed by atoms with Crippen LogP contribution in [0.25, 0.3) is 0 Å². The van der Waals surface area contributed by atoms with Gasteiger partial charge in [-0.25, -0.2) is 0 Å². The van der Waals surface area contributed by atoms with Gasteiger partial charge in [-0.3, -0.25) is 4.99 Å². The molecule has 0 aliphatic heterocycles. The first-order chi connectivity index (χ1) is 6.02. The lowest BCUT2D eigenvalue weighted by atomic mass is 10.1. The largest absolute Gasteiger partial charge is 0.430 e. The van der Waals surface area contributed by atoms with Gasteiger partial charge in [0.15, 0.2) is 0 Å². The molecule has 0 aliphatic carbocycles. The number of hydrogen-bond donors (Lipinski definition) is 2. The number of nitrogens with two attached hydrogens (primary N) is 2. The van der Waals surface area contributed by atoms with Gasteiger partial charge in [-0.15, -0.1) is 0 Å². The molecule has 0 aliphatic rings. The Morgan fingerprint density at radius 3 is 1.86 bits per heavy atom. The minimum atomic E-state index is -4.56. The summed E-state index contributed by atoms with van der Waals surface area (Å²) in [6.07, 6.45) is -3.94. The number of alkyl halides is 3. The second-order valence-corrected chi connectivity index (χ2v) is 3.80. The highest BCUT2D eigenvalue weighted by atomic mass is 19.4. The van der Waals surface area contributed by atoms with E-state index < -0.39 is 17.4 Å². The van der Waals surface area contributed by atoms with Gasteiger partial charge in [0.05, 0.1) is 5.54 Å². The first-order valence-corrected chi connectivity index (χ1v) is 3.92. The second kappa shape index (κ2) is 3.89. The maximum atomic E-state index is 11.9. The Bertz CT molecular complexity index is 258. The Balaban J connectivity index is 4.77. The smallest absolute Gasteiger partial charge is 0.395 e. The summed E-state index contributed by atoms with van der Waals surface area (Å²) in [5.41, 5.74) is 8.23. The third-order valence-electron chi connectivity index (χ3n) is 1.10. The van der Waals surface area contributed by atoms with Crippen molar-refractivity contribution in [2.75, 3.05) is 0 Å². The molecule has 4 N–H and O–H groups in total. The van der Waals surface area contributed by atoms with E-state index in [1.165, 1.54) is 0 Å². The Hall–Kier alpha value is -1.20. The summed E-state index contributed by atoms with van der Waals surface area (Å²) >= 11 is 0. The molecule has 0 aromatic rings. The summed E-state index contributed by atoms with van der Waals surface area (Å²) in [6, 6.07) is 0. The molecule has 0 radical (unpaired) electrons. The number of hydrogen-bond acceptors (Lipinski definition) is 2. The highest BCUT2D eigenvalue weighted by molar-refractivity contribution is 5.92. The number of rotatable bonds is 1. The van der Waals surface area contributed by atoms with E-state index in [0.717, 1.165) is 0 Å². The first kappa shape index (κ1) is 12.8. The van der Waals surface area contributed by atoms with Gasteiger partial charge in [0.1, 0.15) is 11.5 Å². The molecule has 82 valence electrons. The fourth-order valence-corrected chi connectivity index (χ4v) is 0.661. The van der Waals surface area contributed by atoms with Crippen molar-refractivity contribution in [2.24, 2.45) is 16.5 Å². The zero-order valence-electron chi connectivity index (χ0n) is 8.31. The van der Waals surface area contributed by atoms with Gasteiger partial charge >= 0.3 is 6.18 Å². The third-order valence-corrected chi connectivity index (χ3v) is 1.10. The summed E-state index contributed by atoms with van der Waals surface area (Å²) in [4.78, 5) is 3.80. The van der Waals surface area contributed by atoms with Crippen LogP contribution in [0.15, 0.2) is 16.8 Å². The fourth-order valence-electron chi connectivity index (χ4n) is 0.661. The van der Waals surface area contributed by atoms with E-state index in [1.54, 1.807) is 20.8 Å². The minimum Gasteiger partial charge on any atom is -0.395 e. The summed E-state index contributed by atoms with van der Waals surface area (Å²) in [7, 11) is 0. The van der Waals surface area contributed by atoms with Crippen LogP contribution in [0, 0.1) is 0 Å². The Kier molecular flexibility index (Phi) is 3.56. The molecule has 0 spiro atoms. The van der Waals surface area contributed by atoms with Gasteiger partial charge < -0.3 is 11.5 Å². The van der Waals surface area contributed by atoms with Crippen molar-refractivity contribution in [2.45, 2.75) is 32.5 Å². The van der Waals surface area contributed by atoms with Crippen molar-refractivity contribution in [1.29, 1.82) is 0 Å². The predicted molar refractivity (Wildman–Crippen MR) is 49.7 cm³/mol. The van der Waals surface area contributed by atoms with Crippen LogP contribution in [0.5, 0.6) is 0 Å². The van der Waals surface area contributed by atoms with Crippen LogP contribution in [0.3, 0.4) is 0 Å². The number of amidine groups is 1. The van der Waals surface area contributed by atoms with Crippen molar-refractivity contribution in [1.82, 2.24) is 0 Å². The molecule has 14 heavy (non-hydrogen) atoms. The SMILES string of the molecule is CC(C)(C)N=C(N)C=C(N)C(F)(F)F. The number of nitrogens with zero attached hydrogens (tertiary/aromatic N) is 1. The van der Waals surface area contributed by atoms with Crippen molar-refractivity contribution >= 4 is 5.84 Å². The van der Waals surface area contributed by atoms with Crippen LogP contribution in [-0.4, -0.2) is 17.6 Å². The average Bonchev–Trinajstić information content (AvgIpc) is 1.79. The predicted octanol–water partition coefficient (Wildman–Crippen LogP) is 1.55. The Morgan fingerprint density at radius 2 is 1.57 bits per heavy atom. The molecule has 0 aromatic heterocycles. The maximum absolute atomic E-state index is 11.9. The molecular weight excluding hydrogens is 195 g/mol. The molecular formula is C8H14F3N3. The van der Waals surface area contributed by atoms with Crippen molar-refractivity contribution in [3.05, 3.63) is 11.8 Å². The molecule has 0 saturated heterocycles. The highest BCUT2D eigenvalue weighted by Crippen LogP contribution is 2.21. The van der Waals surface area contributed by atoms with E-state index in [1.807, 2.05) is 0 Å². The number of halogens is 3. The van der Waals surface area contributed by atoms with E-state index in [2.05, 4.69) is 4.99 Å². The number of aliphatic imine (C=N–C) groups is 1. The molecule has 0 fully saturated rings. The topological polar surface area (TPSA) is 64.4 Å². The summed E-state index contributed by atoms with van der Waals surface area (Å²) < 4.78 is 35.8. The molecule has 0 amide bonds. The zero-order valence-corrected chi connectivity index (χ0v) is 8.31. The van der Waals surface area contributed by atoms with Gasteiger partial charge in [0, 0.05) is 6.08 Å². The van der Waals surface area contributed by atoms with Crippen molar-refractivity contribution in [3.8, 4) is 0 Å². The van der Waals surface area contributed by atoms with Crippen LogP contribution < -0.4 is 11.5 Å². The van der Waals surface area contributed by atoms with E-state index in [9.17, 15) is 13.2 Å². The summed E-state index contributed by atoms with van der Waals surface area (Å²) in [5, 5.41) is 0. The van der Waals surface area contributed by atoms with Crippen LogP contribution in [0.1, 0.15) is 20.8 Å². The van der Waals surface area contributed by atoms with Gasteiger partial charge in [-0.2, -0.15) is 13.2 Å².